The molecular weight excluding hydrogens is 344 g/mol. The minimum Gasteiger partial charge on any atom is -0.458 e. The first-order valence-corrected chi connectivity index (χ1v) is 8.57. The predicted molar refractivity (Wildman–Crippen MR) is 95.2 cm³/mol. The van der Waals surface area contributed by atoms with Crippen LogP contribution in [0.2, 0.25) is 0 Å². The molecule has 1 aromatic carbocycles. The highest BCUT2D eigenvalue weighted by Gasteiger charge is 2.65. The van der Waals surface area contributed by atoms with Gasteiger partial charge in [0, 0.05) is 18.1 Å². The van der Waals surface area contributed by atoms with E-state index in [4.69, 9.17) is 10.5 Å². The Labute approximate surface area is 155 Å². The minimum absolute atomic E-state index is 0.0321. The number of carbonyl (C=O) groups excluding carboxylic acids is 1. The van der Waals surface area contributed by atoms with Crippen LogP contribution in [0.4, 0.5) is 5.69 Å². The molecule has 1 spiro atoms. The lowest BCUT2D eigenvalue weighted by Gasteiger charge is -2.42. The van der Waals surface area contributed by atoms with Crippen LogP contribution in [0.3, 0.4) is 0 Å². The number of rotatable bonds is 1. The lowest BCUT2D eigenvalue weighted by Crippen LogP contribution is -2.54. The van der Waals surface area contributed by atoms with Crippen LogP contribution in [0.15, 0.2) is 60.2 Å². The van der Waals surface area contributed by atoms with Crippen molar-refractivity contribution in [2.45, 2.75) is 17.7 Å². The fourth-order valence-electron chi connectivity index (χ4n) is 4.53. The highest BCUT2D eigenvalue weighted by molar-refractivity contribution is 6.10. The van der Waals surface area contributed by atoms with Crippen molar-refractivity contribution < 1.29 is 9.53 Å². The standard InChI is InChI=1S/C19H16N6O2/c20-9-12-16(21)27-17-14(15(24-25-17)10-5-7-22-8-6-10)19(12)11-3-1-2-4-13(11)23-18(19)26/h1-8,14-15,17,24-25H,21H2,(H,23,26). The molecule has 5 N–H and O–H groups in total. The smallest absolute Gasteiger partial charge is 0.241 e. The zero-order chi connectivity index (χ0) is 18.6. The van der Waals surface area contributed by atoms with Crippen molar-refractivity contribution in [3.63, 3.8) is 0 Å². The van der Waals surface area contributed by atoms with Gasteiger partial charge in [-0.25, -0.2) is 10.9 Å². The Balaban J connectivity index is 1.79. The first kappa shape index (κ1) is 15.8. The maximum Gasteiger partial charge on any atom is 0.241 e. The maximum absolute atomic E-state index is 13.4. The zero-order valence-corrected chi connectivity index (χ0v) is 14.1. The van der Waals surface area contributed by atoms with Crippen molar-refractivity contribution in [2.24, 2.45) is 11.7 Å². The van der Waals surface area contributed by atoms with Gasteiger partial charge in [0.15, 0.2) is 6.23 Å². The van der Waals surface area contributed by atoms with Gasteiger partial charge in [-0.05, 0) is 29.3 Å². The van der Waals surface area contributed by atoms with Crippen LogP contribution in [-0.4, -0.2) is 17.1 Å². The maximum atomic E-state index is 13.4. The Morgan fingerprint density at radius 2 is 1.96 bits per heavy atom. The SMILES string of the molecule is N#CC1=C(N)OC2NNC(c3ccncc3)C2C12C(=O)Nc1ccccc12. The number of pyridine rings is 1. The van der Waals surface area contributed by atoms with Gasteiger partial charge in [0.25, 0.3) is 0 Å². The highest BCUT2D eigenvalue weighted by Crippen LogP contribution is 2.56. The highest BCUT2D eigenvalue weighted by atomic mass is 16.5. The van der Waals surface area contributed by atoms with E-state index in [9.17, 15) is 10.1 Å². The quantitative estimate of drug-likeness (QED) is 0.592. The second-order valence-electron chi connectivity index (χ2n) is 6.77. The summed E-state index contributed by atoms with van der Waals surface area (Å²) in [4.78, 5) is 17.4. The number of amides is 1. The van der Waals surface area contributed by atoms with Crippen molar-refractivity contribution >= 4 is 11.6 Å². The minimum atomic E-state index is -1.25. The molecule has 1 fully saturated rings. The Hall–Kier alpha value is -3.41. The van der Waals surface area contributed by atoms with Crippen LogP contribution in [0, 0.1) is 17.2 Å². The van der Waals surface area contributed by atoms with Crippen LogP contribution in [0.1, 0.15) is 17.2 Å². The number of hydrogen-bond donors (Lipinski definition) is 4. The first-order valence-electron chi connectivity index (χ1n) is 8.57. The molecule has 1 amide bonds. The number of nitrogens with two attached hydrogens (primary N) is 1. The van der Waals surface area contributed by atoms with E-state index in [-0.39, 0.29) is 23.4 Å². The van der Waals surface area contributed by atoms with Crippen molar-refractivity contribution in [3.05, 3.63) is 71.4 Å². The van der Waals surface area contributed by atoms with Crippen molar-refractivity contribution in [2.75, 3.05) is 5.32 Å². The summed E-state index contributed by atoms with van der Waals surface area (Å²) >= 11 is 0. The fourth-order valence-corrected chi connectivity index (χ4v) is 4.53. The number of nitrogens with zero attached hydrogens (tertiary/aromatic N) is 2. The average molecular weight is 360 g/mol. The summed E-state index contributed by atoms with van der Waals surface area (Å²) in [5, 5.41) is 12.8. The van der Waals surface area contributed by atoms with E-state index in [0.29, 0.717) is 5.69 Å². The number of carbonyl (C=O) groups is 1. The number of fused-ring (bicyclic) bond motifs is 4. The van der Waals surface area contributed by atoms with Crippen LogP contribution >= 0.6 is 0 Å². The number of benzene rings is 1. The van der Waals surface area contributed by atoms with Gasteiger partial charge < -0.3 is 15.8 Å². The Bertz CT molecular complexity index is 1010. The van der Waals surface area contributed by atoms with Gasteiger partial charge in [-0.3, -0.25) is 9.78 Å². The Morgan fingerprint density at radius 3 is 2.74 bits per heavy atom. The molecule has 3 aliphatic rings. The van der Waals surface area contributed by atoms with Gasteiger partial charge in [0.05, 0.1) is 12.0 Å². The second-order valence-corrected chi connectivity index (χ2v) is 6.77. The molecule has 8 heteroatoms. The normalized spacial score (nSPS) is 31.1. The Morgan fingerprint density at radius 1 is 1.19 bits per heavy atom. The third-order valence-electron chi connectivity index (χ3n) is 5.60. The summed E-state index contributed by atoms with van der Waals surface area (Å²) in [6.07, 6.45) is 2.81. The molecule has 134 valence electrons. The monoisotopic (exact) mass is 360 g/mol. The van der Waals surface area contributed by atoms with Gasteiger partial charge in [0.2, 0.25) is 11.8 Å². The number of ether oxygens (including phenoxy) is 1. The topological polar surface area (TPSA) is 125 Å². The van der Waals surface area contributed by atoms with Gasteiger partial charge in [-0.1, -0.05) is 18.2 Å². The summed E-state index contributed by atoms with van der Waals surface area (Å²) in [7, 11) is 0. The number of hydrogen-bond acceptors (Lipinski definition) is 7. The fraction of sp³-hybridized carbons (Fsp3) is 0.211. The summed E-state index contributed by atoms with van der Waals surface area (Å²) in [6.45, 7) is 0. The lowest BCUT2D eigenvalue weighted by atomic mass is 9.62. The molecular formula is C19H16N6O2. The van der Waals surface area contributed by atoms with E-state index in [2.05, 4.69) is 27.2 Å². The van der Waals surface area contributed by atoms with Crippen molar-refractivity contribution in [1.82, 2.24) is 15.8 Å². The number of aromatic nitrogens is 1. The molecule has 4 heterocycles. The summed E-state index contributed by atoms with van der Waals surface area (Å²) in [6, 6.07) is 13.0. The van der Waals surface area contributed by atoms with E-state index in [1.807, 2.05) is 36.4 Å². The molecule has 8 nitrogen and oxygen atoms in total. The molecule has 1 aromatic heterocycles. The van der Waals surface area contributed by atoms with Gasteiger partial charge in [-0.15, -0.1) is 0 Å². The third kappa shape index (κ3) is 1.92. The number of para-hydroxylation sites is 1. The van der Waals surface area contributed by atoms with Gasteiger partial charge in [0.1, 0.15) is 17.1 Å². The summed E-state index contributed by atoms with van der Waals surface area (Å²) in [5.74, 6) is -0.730. The lowest BCUT2D eigenvalue weighted by molar-refractivity contribution is -0.124. The van der Waals surface area contributed by atoms with E-state index < -0.39 is 17.6 Å². The third-order valence-corrected chi connectivity index (χ3v) is 5.60. The zero-order valence-electron chi connectivity index (χ0n) is 14.1. The molecule has 1 saturated heterocycles. The molecule has 5 rings (SSSR count). The number of nitrogens with one attached hydrogen (secondary N) is 3. The molecule has 0 radical (unpaired) electrons. The van der Waals surface area contributed by atoms with E-state index in [0.717, 1.165) is 11.1 Å². The van der Waals surface area contributed by atoms with Crippen LogP contribution in [-0.2, 0) is 14.9 Å². The molecule has 0 bridgehead atoms. The second kappa shape index (κ2) is 5.54. The molecule has 27 heavy (non-hydrogen) atoms. The summed E-state index contributed by atoms with van der Waals surface area (Å²) < 4.78 is 5.78. The largest absolute Gasteiger partial charge is 0.458 e. The summed E-state index contributed by atoms with van der Waals surface area (Å²) in [5.41, 5.74) is 13.6. The molecule has 2 aromatic rings. The predicted octanol–water partition coefficient (Wildman–Crippen LogP) is 0.787. The number of nitriles is 1. The van der Waals surface area contributed by atoms with Crippen LogP contribution in [0.25, 0.3) is 0 Å². The molecule has 4 unspecified atom stereocenters. The van der Waals surface area contributed by atoms with Gasteiger partial charge >= 0.3 is 0 Å². The van der Waals surface area contributed by atoms with E-state index in [1.165, 1.54) is 0 Å². The van der Waals surface area contributed by atoms with Gasteiger partial charge in [-0.2, -0.15) is 5.26 Å². The molecule has 3 aliphatic heterocycles. The van der Waals surface area contributed by atoms with E-state index >= 15 is 0 Å². The average Bonchev–Trinajstić information content (AvgIpc) is 3.23. The molecule has 0 aliphatic carbocycles. The Kier molecular flexibility index (Phi) is 3.25. The number of hydrazine groups is 1. The van der Waals surface area contributed by atoms with E-state index in [1.54, 1.807) is 12.4 Å². The van der Waals surface area contributed by atoms with Crippen molar-refractivity contribution in [1.29, 1.82) is 5.26 Å². The van der Waals surface area contributed by atoms with Crippen LogP contribution in [0.5, 0.6) is 0 Å². The van der Waals surface area contributed by atoms with Crippen LogP contribution < -0.4 is 21.9 Å². The molecule has 4 atom stereocenters. The molecule has 0 saturated carbocycles. The van der Waals surface area contributed by atoms with Crippen molar-refractivity contribution in [3.8, 4) is 6.07 Å². The number of anilines is 1. The first-order chi connectivity index (χ1) is 13.2.